The van der Waals surface area contributed by atoms with Crippen molar-refractivity contribution in [1.82, 2.24) is 9.38 Å². The lowest BCUT2D eigenvalue weighted by molar-refractivity contribution is 0.102. The minimum absolute atomic E-state index is 0.152. The van der Waals surface area contributed by atoms with Gasteiger partial charge in [-0.25, -0.2) is 4.98 Å². The maximum Gasteiger partial charge on any atom is 0.274 e. The molecule has 4 nitrogen and oxygen atoms in total. The van der Waals surface area contributed by atoms with Crippen LogP contribution in [0.15, 0.2) is 34.9 Å². The third-order valence-corrected chi connectivity index (χ3v) is 4.64. The van der Waals surface area contributed by atoms with Crippen molar-refractivity contribution in [3.05, 3.63) is 63.0 Å². The van der Waals surface area contributed by atoms with Crippen LogP contribution in [0.3, 0.4) is 0 Å². The zero-order chi connectivity index (χ0) is 16.7. The SMILES string of the molecule is Cc1cc(Br)c2nc(C)c(C(=O)Nc3cccc(C)c3C)n2c1. The lowest BCUT2D eigenvalue weighted by Gasteiger charge is -2.11. The Kier molecular flexibility index (Phi) is 3.98. The van der Waals surface area contributed by atoms with Crippen molar-refractivity contribution in [3.63, 3.8) is 0 Å². The number of aromatic nitrogens is 2. The fourth-order valence-electron chi connectivity index (χ4n) is 2.69. The molecule has 1 amide bonds. The monoisotopic (exact) mass is 371 g/mol. The first-order valence-corrected chi connectivity index (χ1v) is 8.20. The fourth-order valence-corrected chi connectivity index (χ4v) is 3.33. The van der Waals surface area contributed by atoms with Gasteiger partial charge in [0.2, 0.25) is 0 Å². The molecule has 0 saturated heterocycles. The number of carbonyl (C=O) groups excluding carboxylic acids is 1. The van der Waals surface area contributed by atoms with Crippen LogP contribution >= 0.6 is 15.9 Å². The number of halogens is 1. The summed E-state index contributed by atoms with van der Waals surface area (Å²) in [5.74, 6) is -0.152. The molecule has 118 valence electrons. The normalized spacial score (nSPS) is 11.0. The predicted molar refractivity (Wildman–Crippen MR) is 96.2 cm³/mol. The van der Waals surface area contributed by atoms with Crippen LogP contribution in [0, 0.1) is 27.7 Å². The van der Waals surface area contributed by atoms with Gasteiger partial charge in [-0.15, -0.1) is 0 Å². The molecule has 0 aliphatic carbocycles. The number of hydrogen-bond donors (Lipinski definition) is 1. The second-order valence-electron chi connectivity index (χ2n) is 5.81. The average Bonchev–Trinajstić information content (AvgIpc) is 2.80. The topological polar surface area (TPSA) is 46.4 Å². The number of nitrogens with one attached hydrogen (secondary N) is 1. The van der Waals surface area contributed by atoms with E-state index in [1.165, 1.54) is 0 Å². The van der Waals surface area contributed by atoms with Crippen LogP contribution in [0.1, 0.15) is 32.9 Å². The number of pyridine rings is 1. The molecule has 0 atom stereocenters. The maximum absolute atomic E-state index is 12.8. The molecule has 2 aromatic heterocycles. The number of benzene rings is 1. The van der Waals surface area contributed by atoms with Gasteiger partial charge in [0.1, 0.15) is 5.69 Å². The molecule has 1 N–H and O–H groups in total. The summed E-state index contributed by atoms with van der Waals surface area (Å²) in [5.41, 5.74) is 6.13. The van der Waals surface area contributed by atoms with E-state index in [-0.39, 0.29) is 5.91 Å². The molecule has 0 aliphatic rings. The van der Waals surface area contributed by atoms with Crippen molar-refractivity contribution in [1.29, 1.82) is 0 Å². The highest BCUT2D eigenvalue weighted by Crippen LogP contribution is 2.24. The number of nitrogens with zero attached hydrogens (tertiary/aromatic N) is 2. The lowest BCUT2D eigenvalue weighted by atomic mass is 10.1. The molecule has 0 unspecified atom stereocenters. The number of rotatable bonds is 2. The summed E-state index contributed by atoms with van der Waals surface area (Å²) in [6.45, 7) is 7.89. The Bertz CT molecular complexity index is 928. The molecule has 23 heavy (non-hydrogen) atoms. The molecule has 0 fully saturated rings. The van der Waals surface area contributed by atoms with Gasteiger partial charge in [-0.1, -0.05) is 12.1 Å². The minimum Gasteiger partial charge on any atom is -0.320 e. The van der Waals surface area contributed by atoms with E-state index >= 15 is 0 Å². The third-order valence-electron chi connectivity index (χ3n) is 4.05. The Morgan fingerprint density at radius 3 is 2.70 bits per heavy atom. The number of amides is 1. The van der Waals surface area contributed by atoms with E-state index in [4.69, 9.17) is 0 Å². The van der Waals surface area contributed by atoms with Crippen molar-refractivity contribution in [3.8, 4) is 0 Å². The number of hydrogen-bond acceptors (Lipinski definition) is 2. The summed E-state index contributed by atoms with van der Waals surface area (Å²) < 4.78 is 2.72. The molecule has 0 bridgehead atoms. The number of aryl methyl sites for hydroxylation is 3. The van der Waals surface area contributed by atoms with Gasteiger partial charge in [-0.05, 0) is 72.4 Å². The van der Waals surface area contributed by atoms with Crippen LogP contribution in [0.25, 0.3) is 5.65 Å². The third kappa shape index (κ3) is 2.77. The molecule has 2 heterocycles. The van der Waals surface area contributed by atoms with Crippen LogP contribution in [0.5, 0.6) is 0 Å². The second kappa shape index (κ2) is 5.81. The summed E-state index contributed by atoms with van der Waals surface area (Å²) in [6.07, 6.45) is 1.93. The van der Waals surface area contributed by atoms with Gasteiger partial charge < -0.3 is 5.32 Å². The average molecular weight is 372 g/mol. The molecule has 0 saturated carbocycles. The van der Waals surface area contributed by atoms with E-state index in [0.29, 0.717) is 11.4 Å². The smallest absolute Gasteiger partial charge is 0.274 e. The molecular weight excluding hydrogens is 354 g/mol. The lowest BCUT2D eigenvalue weighted by Crippen LogP contribution is -2.16. The predicted octanol–water partition coefficient (Wildman–Crippen LogP) is 4.58. The van der Waals surface area contributed by atoms with Crippen LogP contribution < -0.4 is 5.32 Å². The summed E-state index contributed by atoms with van der Waals surface area (Å²) in [5, 5.41) is 3.01. The molecule has 0 aliphatic heterocycles. The molecule has 5 heteroatoms. The largest absolute Gasteiger partial charge is 0.320 e. The van der Waals surface area contributed by atoms with Crippen molar-refractivity contribution in [2.24, 2.45) is 0 Å². The van der Waals surface area contributed by atoms with E-state index in [1.807, 2.05) is 62.6 Å². The van der Waals surface area contributed by atoms with Gasteiger partial charge in [0.25, 0.3) is 5.91 Å². The standard InChI is InChI=1S/C18H18BrN3O/c1-10-8-14(19)17-20-13(4)16(22(17)9-10)18(23)21-15-7-5-6-11(2)12(15)3/h5-9H,1-4H3,(H,21,23). The fraction of sp³-hybridized carbons (Fsp3) is 0.222. The first-order valence-electron chi connectivity index (χ1n) is 7.41. The van der Waals surface area contributed by atoms with Gasteiger partial charge in [0, 0.05) is 11.9 Å². The highest BCUT2D eigenvalue weighted by molar-refractivity contribution is 9.10. The zero-order valence-electron chi connectivity index (χ0n) is 13.6. The van der Waals surface area contributed by atoms with E-state index in [1.54, 1.807) is 0 Å². The Balaban J connectivity index is 2.08. The summed E-state index contributed by atoms with van der Waals surface area (Å²) in [4.78, 5) is 17.3. The van der Waals surface area contributed by atoms with Crippen molar-refractivity contribution < 1.29 is 4.79 Å². The highest BCUT2D eigenvalue weighted by Gasteiger charge is 2.19. The summed E-state index contributed by atoms with van der Waals surface area (Å²) in [6, 6.07) is 7.89. The first kappa shape index (κ1) is 15.7. The molecule has 3 rings (SSSR count). The second-order valence-corrected chi connectivity index (χ2v) is 6.66. The van der Waals surface area contributed by atoms with Gasteiger partial charge in [-0.2, -0.15) is 0 Å². The molecule has 0 radical (unpaired) electrons. The summed E-state index contributed by atoms with van der Waals surface area (Å²) in [7, 11) is 0. The quantitative estimate of drug-likeness (QED) is 0.716. The van der Waals surface area contributed by atoms with Crippen molar-refractivity contribution in [2.75, 3.05) is 5.32 Å². The van der Waals surface area contributed by atoms with E-state index in [0.717, 1.165) is 32.5 Å². The van der Waals surface area contributed by atoms with Crippen LogP contribution in [-0.2, 0) is 0 Å². The van der Waals surface area contributed by atoms with E-state index in [2.05, 4.69) is 26.2 Å². The van der Waals surface area contributed by atoms with Crippen molar-refractivity contribution >= 4 is 33.2 Å². The Hall–Kier alpha value is -2.14. The number of anilines is 1. The first-order chi connectivity index (χ1) is 10.9. The highest BCUT2D eigenvalue weighted by atomic mass is 79.9. The molecular formula is C18H18BrN3O. The number of fused-ring (bicyclic) bond motifs is 1. The molecule has 3 aromatic rings. The summed E-state index contributed by atoms with van der Waals surface area (Å²) >= 11 is 3.52. The van der Waals surface area contributed by atoms with Crippen LogP contribution in [-0.4, -0.2) is 15.3 Å². The Labute approximate surface area is 143 Å². The van der Waals surface area contributed by atoms with Crippen molar-refractivity contribution in [2.45, 2.75) is 27.7 Å². The van der Waals surface area contributed by atoms with Gasteiger partial charge in [-0.3, -0.25) is 9.20 Å². The minimum atomic E-state index is -0.152. The maximum atomic E-state index is 12.8. The van der Waals surface area contributed by atoms with E-state index < -0.39 is 0 Å². The van der Waals surface area contributed by atoms with E-state index in [9.17, 15) is 4.79 Å². The van der Waals surface area contributed by atoms with Gasteiger partial charge in [0.05, 0.1) is 10.2 Å². The molecule has 1 aromatic carbocycles. The zero-order valence-corrected chi connectivity index (χ0v) is 15.2. The van der Waals surface area contributed by atoms with Crippen LogP contribution in [0.2, 0.25) is 0 Å². The Morgan fingerprint density at radius 1 is 1.22 bits per heavy atom. The number of carbonyl (C=O) groups is 1. The van der Waals surface area contributed by atoms with Gasteiger partial charge in [0.15, 0.2) is 5.65 Å². The number of imidazole rings is 1. The Morgan fingerprint density at radius 2 is 1.96 bits per heavy atom. The van der Waals surface area contributed by atoms with Gasteiger partial charge >= 0.3 is 0 Å². The molecule has 0 spiro atoms. The van der Waals surface area contributed by atoms with Crippen LogP contribution in [0.4, 0.5) is 5.69 Å².